The molecule has 3 rings (SSSR count). The van der Waals surface area contributed by atoms with Crippen LogP contribution in [-0.4, -0.2) is 17.6 Å². The minimum Gasteiger partial charge on any atom is -0.492 e. The maximum atomic E-state index is 12.0. The van der Waals surface area contributed by atoms with E-state index >= 15 is 0 Å². The Balaban J connectivity index is 1.71. The number of amides is 2. The third kappa shape index (κ3) is 3.30. The Hall–Kier alpha value is -1.31. The lowest BCUT2D eigenvalue weighted by atomic mass is 10.0. The molecule has 5 nitrogen and oxygen atoms in total. The minimum atomic E-state index is -0.300. The fourth-order valence-corrected chi connectivity index (χ4v) is 3.34. The summed E-state index contributed by atoms with van der Waals surface area (Å²) in [6.45, 7) is 0.518. The van der Waals surface area contributed by atoms with Gasteiger partial charge in [-0.1, -0.05) is 23.7 Å². The number of ether oxygens (including phenoxy) is 1. The molecule has 8 heteroatoms. The van der Waals surface area contributed by atoms with Crippen molar-refractivity contribution in [3.05, 3.63) is 38.1 Å². The number of benzene rings is 1. The maximum absolute atomic E-state index is 12.0. The van der Waals surface area contributed by atoms with Gasteiger partial charge < -0.3 is 10.1 Å². The number of nitrogens with zero attached hydrogens (tertiary/aromatic N) is 1. The molecule has 1 atom stereocenters. The van der Waals surface area contributed by atoms with E-state index in [0.29, 0.717) is 29.6 Å². The van der Waals surface area contributed by atoms with Crippen molar-refractivity contribution in [3.8, 4) is 5.75 Å². The van der Waals surface area contributed by atoms with Crippen LogP contribution in [0.3, 0.4) is 0 Å². The molecule has 0 saturated carbocycles. The second-order valence-corrected chi connectivity index (χ2v) is 6.97. The molecule has 21 heavy (non-hydrogen) atoms. The molecule has 0 aliphatic carbocycles. The number of urea groups is 1. The Morgan fingerprint density at radius 3 is 3.14 bits per heavy atom. The van der Waals surface area contributed by atoms with Gasteiger partial charge in [-0.15, -0.1) is 11.3 Å². The van der Waals surface area contributed by atoms with Gasteiger partial charge in [-0.25, -0.2) is 9.78 Å². The molecule has 0 radical (unpaired) electrons. The van der Waals surface area contributed by atoms with E-state index < -0.39 is 0 Å². The summed E-state index contributed by atoms with van der Waals surface area (Å²) in [5.74, 6) is 1.16. The van der Waals surface area contributed by atoms with Crippen LogP contribution in [-0.2, 0) is 0 Å². The van der Waals surface area contributed by atoms with Crippen molar-refractivity contribution in [2.24, 2.45) is 0 Å². The number of anilines is 1. The molecule has 1 aromatic heterocycles. The van der Waals surface area contributed by atoms with Crippen LogP contribution in [0.15, 0.2) is 27.5 Å². The lowest BCUT2D eigenvalue weighted by Gasteiger charge is -2.27. The summed E-state index contributed by atoms with van der Waals surface area (Å²) in [6.07, 6.45) is 0.696. The Kier molecular flexibility index (Phi) is 4.32. The summed E-state index contributed by atoms with van der Waals surface area (Å²) in [7, 11) is 0. The van der Waals surface area contributed by atoms with E-state index in [1.165, 1.54) is 11.3 Å². The molecule has 2 N–H and O–H groups in total. The zero-order valence-corrected chi connectivity index (χ0v) is 13.9. The van der Waals surface area contributed by atoms with Gasteiger partial charge >= 0.3 is 6.03 Å². The number of thiazole rings is 1. The normalized spacial score (nSPS) is 16.8. The maximum Gasteiger partial charge on any atom is 0.320 e. The van der Waals surface area contributed by atoms with E-state index in [1.54, 1.807) is 11.4 Å². The Bertz CT molecular complexity index is 679. The minimum absolute atomic E-state index is 0.130. The van der Waals surface area contributed by atoms with Crippen molar-refractivity contribution in [2.45, 2.75) is 12.5 Å². The van der Waals surface area contributed by atoms with Gasteiger partial charge in [-0.2, -0.15) is 0 Å². The first-order valence-corrected chi connectivity index (χ1v) is 8.28. The van der Waals surface area contributed by atoms with Crippen molar-refractivity contribution < 1.29 is 9.53 Å². The van der Waals surface area contributed by atoms with Crippen LogP contribution in [0.1, 0.15) is 18.0 Å². The second-order valence-electron chi connectivity index (χ2n) is 4.43. The fraction of sp³-hybridized carbons (Fsp3) is 0.231. The molecule has 0 bridgehead atoms. The van der Waals surface area contributed by atoms with Gasteiger partial charge in [0.05, 0.1) is 17.7 Å². The fourth-order valence-electron chi connectivity index (χ4n) is 2.16. The van der Waals surface area contributed by atoms with E-state index in [2.05, 4.69) is 31.5 Å². The first-order chi connectivity index (χ1) is 10.1. The topological polar surface area (TPSA) is 63.2 Å². The van der Waals surface area contributed by atoms with Gasteiger partial charge in [0, 0.05) is 17.4 Å². The van der Waals surface area contributed by atoms with Crippen molar-refractivity contribution in [2.75, 3.05) is 11.9 Å². The number of rotatable bonds is 2. The van der Waals surface area contributed by atoms with Crippen LogP contribution in [0.25, 0.3) is 0 Å². The zero-order valence-electron chi connectivity index (χ0n) is 10.7. The molecule has 0 spiro atoms. The van der Waals surface area contributed by atoms with E-state index in [0.717, 1.165) is 9.48 Å². The first kappa shape index (κ1) is 14.6. The molecule has 2 heterocycles. The van der Waals surface area contributed by atoms with Gasteiger partial charge in [0.15, 0.2) is 3.92 Å². The highest BCUT2D eigenvalue weighted by molar-refractivity contribution is 9.11. The van der Waals surface area contributed by atoms with Crippen LogP contribution in [0.4, 0.5) is 10.6 Å². The predicted octanol–water partition coefficient (Wildman–Crippen LogP) is 4.20. The summed E-state index contributed by atoms with van der Waals surface area (Å²) in [6, 6.07) is 5.10. The van der Waals surface area contributed by atoms with Gasteiger partial charge in [-0.05, 0) is 22.0 Å². The molecule has 0 saturated heterocycles. The first-order valence-electron chi connectivity index (χ1n) is 6.23. The molecule has 2 amide bonds. The lowest BCUT2D eigenvalue weighted by molar-refractivity contribution is 0.232. The Morgan fingerprint density at radius 1 is 1.52 bits per heavy atom. The summed E-state index contributed by atoms with van der Waals surface area (Å²) in [5.41, 5.74) is 0.892. The zero-order chi connectivity index (χ0) is 14.8. The van der Waals surface area contributed by atoms with E-state index in [1.807, 2.05) is 12.1 Å². The summed E-state index contributed by atoms with van der Waals surface area (Å²) >= 11 is 10.8. The van der Waals surface area contributed by atoms with Crippen molar-refractivity contribution in [1.29, 1.82) is 0 Å². The summed E-state index contributed by atoms with van der Waals surface area (Å²) in [5, 5.41) is 7.94. The molecular weight excluding hydrogens is 378 g/mol. The third-order valence-corrected chi connectivity index (χ3v) is 4.71. The lowest BCUT2D eigenvalue weighted by Crippen LogP contribution is -2.35. The highest BCUT2D eigenvalue weighted by atomic mass is 79.9. The van der Waals surface area contributed by atoms with Gasteiger partial charge in [0.25, 0.3) is 0 Å². The molecule has 1 aliphatic heterocycles. The van der Waals surface area contributed by atoms with E-state index in [9.17, 15) is 4.79 Å². The van der Waals surface area contributed by atoms with Crippen LogP contribution < -0.4 is 15.4 Å². The van der Waals surface area contributed by atoms with Crippen LogP contribution >= 0.6 is 38.9 Å². The summed E-state index contributed by atoms with van der Waals surface area (Å²) < 4.78 is 6.29. The standard InChI is InChI=1S/C13H11BrClN3O2S/c14-12-17-10(6-21-12)18-13(19)16-9-4-5-20-11-7(9)2-1-3-8(11)15/h1-3,6,9H,4-5H2,(H2,16,18,19)/t9-/m0/s1. The van der Waals surface area contributed by atoms with Crippen LogP contribution in [0.2, 0.25) is 5.02 Å². The number of aromatic nitrogens is 1. The smallest absolute Gasteiger partial charge is 0.320 e. The molecule has 110 valence electrons. The number of hydrogen-bond donors (Lipinski definition) is 2. The molecule has 1 aromatic carbocycles. The van der Waals surface area contributed by atoms with Crippen molar-refractivity contribution >= 4 is 50.7 Å². The quantitative estimate of drug-likeness (QED) is 0.810. The molecule has 0 unspecified atom stereocenters. The van der Waals surface area contributed by atoms with Crippen LogP contribution in [0.5, 0.6) is 5.75 Å². The second kappa shape index (κ2) is 6.21. The molecule has 1 aliphatic rings. The van der Waals surface area contributed by atoms with Crippen molar-refractivity contribution in [1.82, 2.24) is 10.3 Å². The molecule has 2 aromatic rings. The SMILES string of the molecule is O=C(Nc1csc(Br)n1)N[C@H]1CCOc2c(Cl)cccc21. The monoisotopic (exact) mass is 387 g/mol. The van der Waals surface area contributed by atoms with E-state index in [-0.39, 0.29) is 12.1 Å². The predicted molar refractivity (Wildman–Crippen MR) is 86.3 cm³/mol. The average molecular weight is 389 g/mol. The number of fused-ring (bicyclic) bond motifs is 1. The number of nitrogens with one attached hydrogen (secondary N) is 2. The molecular formula is C13H11BrClN3O2S. The highest BCUT2D eigenvalue weighted by Gasteiger charge is 2.24. The van der Waals surface area contributed by atoms with Gasteiger partial charge in [-0.3, -0.25) is 5.32 Å². The average Bonchev–Trinajstić information content (AvgIpc) is 2.85. The van der Waals surface area contributed by atoms with E-state index in [4.69, 9.17) is 16.3 Å². The Labute approximate surface area is 138 Å². The highest BCUT2D eigenvalue weighted by Crippen LogP contribution is 2.37. The number of carbonyl (C=O) groups excluding carboxylic acids is 1. The van der Waals surface area contributed by atoms with Crippen molar-refractivity contribution in [3.63, 3.8) is 0 Å². The summed E-state index contributed by atoms with van der Waals surface area (Å²) in [4.78, 5) is 16.2. The van der Waals surface area contributed by atoms with Crippen LogP contribution in [0, 0.1) is 0 Å². The number of hydrogen-bond acceptors (Lipinski definition) is 4. The number of halogens is 2. The number of para-hydroxylation sites is 1. The Morgan fingerprint density at radius 2 is 2.38 bits per heavy atom. The third-order valence-electron chi connectivity index (χ3n) is 3.05. The largest absolute Gasteiger partial charge is 0.492 e. The van der Waals surface area contributed by atoms with Gasteiger partial charge in [0.1, 0.15) is 11.6 Å². The van der Waals surface area contributed by atoms with Gasteiger partial charge in [0.2, 0.25) is 0 Å². The molecule has 0 fully saturated rings. The number of carbonyl (C=O) groups is 1.